The smallest absolute Gasteiger partial charge is 0.319 e. The third kappa shape index (κ3) is 7.85. The van der Waals surface area contributed by atoms with Crippen molar-refractivity contribution in [3.05, 3.63) is 24.3 Å². The zero-order chi connectivity index (χ0) is 15.7. The predicted molar refractivity (Wildman–Crippen MR) is 92.8 cm³/mol. The van der Waals surface area contributed by atoms with E-state index in [1.807, 2.05) is 33.0 Å². The maximum Gasteiger partial charge on any atom is 0.319 e. The Bertz CT molecular complexity index is 480. The molecule has 0 saturated heterocycles. The Morgan fingerprint density at radius 1 is 1.09 bits per heavy atom. The van der Waals surface area contributed by atoms with E-state index in [1.165, 1.54) is 0 Å². The van der Waals surface area contributed by atoms with Crippen molar-refractivity contribution in [3.63, 3.8) is 0 Å². The topological polar surface area (TPSA) is 82.3 Å². The molecule has 4 N–H and O–H groups in total. The second-order valence-corrected chi connectivity index (χ2v) is 5.05. The van der Waals surface area contributed by atoms with Crippen molar-refractivity contribution >= 4 is 35.7 Å². The second kappa shape index (κ2) is 10.9. The van der Waals surface area contributed by atoms with E-state index in [-0.39, 0.29) is 30.4 Å². The lowest BCUT2D eigenvalue weighted by molar-refractivity contribution is -0.116. The van der Waals surface area contributed by atoms with Gasteiger partial charge in [0.25, 0.3) is 0 Å². The van der Waals surface area contributed by atoms with Gasteiger partial charge >= 0.3 is 6.03 Å². The lowest BCUT2D eigenvalue weighted by Crippen LogP contribution is -2.34. The van der Waals surface area contributed by atoms with Crippen LogP contribution in [0.4, 0.5) is 16.2 Å². The van der Waals surface area contributed by atoms with E-state index in [0.717, 1.165) is 13.0 Å². The number of carbonyl (C=O) groups is 2. The number of benzene rings is 1. The predicted octanol–water partition coefficient (Wildman–Crippen LogP) is 2.58. The molecule has 0 fully saturated rings. The summed E-state index contributed by atoms with van der Waals surface area (Å²) in [5.41, 5.74) is 1.18. The van der Waals surface area contributed by atoms with Gasteiger partial charge in [0.15, 0.2) is 0 Å². The maximum absolute atomic E-state index is 11.8. The number of urea groups is 1. The van der Waals surface area contributed by atoms with Crippen LogP contribution in [0.3, 0.4) is 0 Å². The first-order valence-electron chi connectivity index (χ1n) is 7.14. The van der Waals surface area contributed by atoms with Crippen LogP contribution in [0.2, 0.25) is 0 Å². The minimum Gasteiger partial charge on any atom is -0.336 e. The van der Waals surface area contributed by atoms with Crippen molar-refractivity contribution in [3.8, 4) is 0 Å². The molecule has 0 aliphatic rings. The molecule has 7 heteroatoms. The Labute approximate surface area is 137 Å². The summed E-state index contributed by atoms with van der Waals surface area (Å²) in [5, 5.41) is 11.3. The summed E-state index contributed by atoms with van der Waals surface area (Å²) in [4.78, 5) is 23.6. The van der Waals surface area contributed by atoms with Crippen LogP contribution in [0.25, 0.3) is 0 Å². The molecule has 0 aromatic heterocycles. The van der Waals surface area contributed by atoms with E-state index < -0.39 is 0 Å². The number of anilines is 2. The molecule has 0 bridgehead atoms. The van der Waals surface area contributed by atoms with Gasteiger partial charge in [0, 0.05) is 12.5 Å². The molecule has 1 aromatic rings. The highest BCUT2D eigenvalue weighted by Gasteiger charge is 2.09. The molecule has 0 aliphatic carbocycles. The summed E-state index contributed by atoms with van der Waals surface area (Å²) in [6, 6.07) is 6.90. The van der Waals surface area contributed by atoms with E-state index in [1.54, 1.807) is 12.1 Å². The van der Waals surface area contributed by atoms with Gasteiger partial charge < -0.3 is 21.3 Å². The molecule has 0 heterocycles. The third-order valence-corrected chi connectivity index (χ3v) is 2.70. The van der Waals surface area contributed by atoms with Crippen LogP contribution in [0.15, 0.2) is 24.3 Å². The molecule has 0 spiro atoms. The van der Waals surface area contributed by atoms with Crippen LogP contribution in [0, 0.1) is 0 Å². The first-order chi connectivity index (χ1) is 10.0. The number of hydrogen-bond donors (Lipinski definition) is 4. The van der Waals surface area contributed by atoms with Crippen molar-refractivity contribution in [2.75, 3.05) is 24.2 Å². The quantitative estimate of drug-likeness (QED) is 0.581. The van der Waals surface area contributed by atoms with Gasteiger partial charge in [0.1, 0.15) is 0 Å². The zero-order valence-corrected chi connectivity index (χ0v) is 14.0. The van der Waals surface area contributed by atoms with E-state index in [2.05, 4.69) is 21.3 Å². The van der Waals surface area contributed by atoms with Gasteiger partial charge in [-0.1, -0.05) is 12.1 Å². The van der Waals surface area contributed by atoms with Gasteiger partial charge in [0.2, 0.25) is 5.91 Å². The fourth-order valence-electron chi connectivity index (χ4n) is 1.76. The van der Waals surface area contributed by atoms with E-state index in [4.69, 9.17) is 0 Å². The molecule has 0 radical (unpaired) electrons. The number of carbonyl (C=O) groups excluding carboxylic acids is 2. The lowest BCUT2D eigenvalue weighted by atomic mass is 10.2. The number of hydrogen-bond acceptors (Lipinski definition) is 3. The van der Waals surface area contributed by atoms with Crippen molar-refractivity contribution in [2.24, 2.45) is 0 Å². The summed E-state index contributed by atoms with van der Waals surface area (Å²) in [6.45, 7) is 4.56. The number of para-hydroxylation sites is 2. The molecule has 0 aliphatic heterocycles. The Morgan fingerprint density at radius 2 is 1.68 bits per heavy atom. The van der Waals surface area contributed by atoms with Gasteiger partial charge in [-0.15, -0.1) is 12.4 Å². The normalized spacial score (nSPS) is 9.82. The molecular weight excluding hydrogens is 304 g/mol. The summed E-state index contributed by atoms with van der Waals surface area (Å²) < 4.78 is 0. The fourth-order valence-corrected chi connectivity index (χ4v) is 1.76. The molecular formula is C15H25ClN4O2. The molecule has 124 valence electrons. The Kier molecular flexibility index (Phi) is 9.98. The van der Waals surface area contributed by atoms with Gasteiger partial charge in [-0.2, -0.15) is 0 Å². The third-order valence-electron chi connectivity index (χ3n) is 2.70. The molecule has 0 unspecified atom stereocenters. The fraction of sp³-hybridized carbons (Fsp3) is 0.467. The average molecular weight is 329 g/mol. The van der Waals surface area contributed by atoms with Crippen LogP contribution in [0.1, 0.15) is 26.7 Å². The zero-order valence-electron chi connectivity index (χ0n) is 13.2. The molecule has 0 saturated carbocycles. The first-order valence-corrected chi connectivity index (χ1v) is 7.14. The van der Waals surface area contributed by atoms with Gasteiger partial charge in [-0.05, 0) is 46.0 Å². The van der Waals surface area contributed by atoms with Crippen molar-refractivity contribution in [2.45, 2.75) is 32.7 Å². The van der Waals surface area contributed by atoms with E-state index >= 15 is 0 Å². The number of rotatable bonds is 7. The number of halogens is 1. The average Bonchev–Trinajstić information content (AvgIpc) is 2.40. The highest BCUT2D eigenvalue weighted by Crippen LogP contribution is 2.21. The summed E-state index contributed by atoms with van der Waals surface area (Å²) in [6.07, 6.45) is 1.21. The molecule has 3 amide bonds. The first kappa shape index (κ1) is 20.2. The van der Waals surface area contributed by atoms with Crippen molar-refractivity contribution < 1.29 is 9.59 Å². The molecule has 0 atom stereocenters. The highest BCUT2D eigenvalue weighted by molar-refractivity contribution is 5.99. The lowest BCUT2D eigenvalue weighted by Gasteiger charge is -2.14. The minimum atomic E-state index is -0.290. The van der Waals surface area contributed by atoms with Gasteiger partial charge in [-0.25, -0.2) is 4.79 Å². The Hall–Kier alpha value is -1.79. The largest absolute Gasteiger partial charge is 0.336 e. The van der Waals surface area contributed by atoms with Gasteiger partial charge in [0.05, 0.1) is 11.4 Å². The Morgan fingerprint density at radius 3 is 2.23 bits per heavy atom. The number of amides is 3. The van der Waals surface area contributed by atoms with Crippen LogP contribution in [0.5, 0.6) is 0 Å². The van der Waals surface area contributed by atoms with E-state index in [0.29, 0.717) is 17.8 Å². The summed E-state index contributed by atoms with van der Waals surface area (Å²) in [7, 11) is 1.85. The monoisotopic (exact) mass is 328 g/mol. The molecule has 1 aromatic carbocycles. The van der Waals surface area contributed by atoms with Crippen LogP contribution >= 0.6 is 12.4 Å². The molecule has 1 rings (SSSR count). The SMILES string of the molecule is CNCCCC(=O)Nc1ccccc1NC(=O)NC(C)C.Cl. The van der Waals surface area contributed by atoms with E-state index in [9.17, 15) is 9.59 Å². The summed E-state index contributed by atoms with van der Waals surface area (Å²) >= 11 is 0. The highest BCUT2D eigenvalue weighted by atomic mass is 35.5. The van der Waals surface area contributed by atoms with Crippen LogP contribution in [-0.2, 0) is 4.79 Å². The summed E-state index contributed by atoms with van der Waals surface area (Å²) in [5.74, 6) is -0.0660. The maximum atomic E-state index is 11.8. The van der Waals surface area contributed by atoms with Gasteiger partial charge in [-0.3, -0.25) is 4.79 Å². The van der Waals surface area contributed by atoms with Crippen molar-refractivity contribution in [1.29, 1.82) is 0 Å². The number of nitrogens with one attached hydrogen (secondary N) is 4. The molecule has 22 heavy (non-hydrogen) atoms. The minimum absolute atomic E-state index is 0. The van der Waals surface area contributed by atoms with Crippen molar-refractivity contribution in [1.82, 2.24) is 10.6 Å². The molecule has 6 nitrogen and oxygen atoms in total. The standard InChI is InChI=1S/C15H24N4O2.ClH/c1-11(2)17-15(21)19-13-8-5-4-7-12(13)18-14(20)9-6-10-16-3;/h4-5,7-8,11,16H,6,9-10H2,1-3H3,(H,18,20)(H2,17,19,21);1H. The Balaban J connectivity index is 0.00000441. The van der Waals surface area contributed by atoms with Crippen LogP contribution in [-0.4, -0.2) is 31.6 Å². The van der Waals surface area contributed by atoms with Crippen LogP contribution < -0.4 is 21.3 Å². The second-order valence-electron chi connectivity index (χ2n) is 5.05.